The zero-order valence-electron chi connectivity index (χ0n) is 12.5. The van der Waals surface area contributed by atoms with Gasteiger partial charge in [0.2, 0.25) is 0 Å². The smallest absolute Gasteiger partial charge is 0.262 e. The lowest BCUT2D eigenvalue weighted by atomic mass is 10.0. The largest absolute Gasteiger partial charge is 0.351 e. The van der Waals surface area contributed by atoms with E-state index in [0.29, 0.717) is 17.8 Å². The van der Waals surface area contributed by atoms with Gasteiger partial charge in [-0.2, -0.15) is 0 Å². The van der Waals surface area contributed by atoms with Crippen molar-refractivity contribution in [1.82, 2.24) is 10.3 Å². The fourth-order valence-electron chi connectivity index (χ4n) is 2.15. The van der Waals surface area contributed by atoms with Gasteiger partial charge >= 0.3 is 0 Å². The molecule has 2 aromatic rings. The Hall–Kier alpha value is -2.01. The van der Waals surface area contributed by atoms with E-state index in [-0.39, 0.29) is 11.7 Å². The standard InChI is InChI=1S/C17H20N2O2S/c20-15(14-8-4-3-5-9-14)10-6-1-2-7-11-19-17(21)16-12-18-13-22-16/h3-5,8-9,12-13H,1-2,6-7,10-11H2,(H,19,21). The number of aromatic nitrogens is 1. The van der Waals surface area contributed by atoms with Crippen molar-refractivity contribution in [3.63, 3.8) is 0 Å². The van der Waals surface area contributed by atoms with E-state index >= 15 is 0 Å². The summed E-state index contributed by atoms with van der Waals surface area (Å²) < 4.78 is 0. The van der Waals surface area contributed by atoms with Gasteiger partial charge in [0.1, 0.15) is 4.88 Å². The number of unbranched alkanes of at least 4 members (excludes halogenated alkanes) is 3. The summed E-state index contributed by atoms with van der Waals surface area (Å²) in [6.07, 6.45) is 6.03. The normalized spacial score (nSPS) is 10.4. The Morgan fingerprint density at radius 3 is 2.55 bits per heavy atom. The fourth-order valence-corrected chi connectivity index (χ4v) is 2.69. The maximum atomic E-state index is 11.9. The zero-order chi connectivity index (χ0) is 15.6. The third kappa shape index (κ3) is 5.41. The number of nitrogens with one attached hydrogen (secondary N) is 1. The zero-order valence-corrected chi connectivity index (χ0v) is 13.3. The van der Waals surface area contributed by atoms with Crippen LogP contribution in [0.4, 0.5) is 0 Å². The summed E-state index contributed by atoms with van der Waals surface area (Å²) in [5.74, 6) is 0.154. The van der Waals surface area contributed by atoms with E-state index in [2.05, 4.69) is 10.3 Å². The summed E-state index contributed by atoms with van der Waals surface area (Å²) in [7, 11) is 0. The maximum Gasteiger partial charge on any atom is 0.262 e. The highest BCUT2D eigenvalue weighted by molar-refractivity contribution is 7.11. The summed E-state index contributed by atoms with van der Waals surface area (Å²) in [6.45, 7) is 0.670. The Morgan fingerprint density at radius 2 is 1.82 bits per heavy atom. The molecule has 22 heavy (non-hydrogen) atoms. The fraction of sp³-hybridized carbons (Fsp3) is 0.353. The van der Waals surface area contributed by atoms with Gasteiger partial charge in [-0.05, 0) is 12.8 Å². The van der Waals surface area contributed by atoms with Crippen LogP contribution in [0.2, 0.25) is 0 Å². The van der Waals surface area contributed by atoms with Gasteiger partial charge in [0, 0.05) is 18.5 Å². The van der Waals surface area contributed by atoms with Crippen LogP contribution in [0.25, 0.3) is 0 Å². The number of nitrogens with zero attached hydrogens (tertiary/aromatic N) is 1. The van der Waals surface area contributed by atoms with Crippen molar-refractivity contribution < 1.29 is 9.59 Å². The maximum absolute atomic E-state index is 11.9. The van der Waals surface area contributed by atoms with Crippen LogP contribution in [0.1, 0.15) is 52.1 Å². The van der Waals surface area contributed by atoms with E-state index in [1.54, 1.807) is 11.7 Å². The third-order valence-corrected chi connectivity index (χ3v) is 4.14. The lowest BCUT2D eigenvalue weighted by molar-refractivity contribution is 0.0955. The number of Topliss-reactive ketones (excluding diaryl/α,β-unsaturated/α-hetero) is 1. The van der Waals surface area contributed by atoms with Crippen LogP contribution < -0.4 is 5.32 Å². The monoisotopic (exact) mass is 316 g/mol. The Labute approximate surface area is 134 Å². The lowest BCUT2D eigenvalue weighted by Crippen LogP contribution is -2.23. The Morgan fingerprint density at radius 1 is 1.05 bits per heavy atom. The minimum atomic E-state index is -0.0539. The van der Waals surface area contributed by atoms with Gasteiger partial charge in [0.25, 0.3) is 5.91 Å². The minimum absolute atomic E-state index is 0.0539. The van der Waals surface area contributed by atoms with Crippen molar-refractivity contribution in [3.05, 3.63) is 52.5 Å². The molecule has 116 valence electrons. The van der Waals surface area contributed by atoms with Gasteiger partial charge < -0.3 is 5.32 Å². The molecule has 1 heterocycles. The average molecular weight is 316 g/mol. The number of hydrogen-bond donors (Lipinski definition) is 1. The molecule has 1 amide bonds. The van der Waals surface area contributed by atoms with Crippen LogP contribution in [0.3, 0.4) is 0 Å². The Bertz CT molecular complexity index is 582. The van der Waals surface area contributed by atoms with Gasteiger partial charge in [-0.25, -0.2) is 0 Å². The topological polar surface area (TPSA) is 59.1 Å². The summed E-state index contributed by atoms with van der Waals surface area (Å²) in [5.41, 5.74) is 2.44. The van der Waals surface area contributed by atoms with E-state index < -0.39 is 0 Å². The highest BCUT2D eigenvalue weighted by Crippen LogP contribution is 2.09. The molecule has 4 nitrogen and oxygen atoms in total. The predicted molar refractivity (Wildman–Crippen MR) is 88.3 cm³/mol. The molecule has 0 spiro atoms. The molecule has 0 saturated heterocycles. The Kier molecular flexibility index (Phi) is 6.77. The molecule has 0 fully saturated rings. The molecule has 0 saturated carbocycles. The van der Waals surface area contributed by atoms with E-state index in [1.807, 2.05) is 30.3 Å². The van der Waals surface area contributed by atoms with Crippen LogP contribution in [-0.4, -0.2) is 23.2 Å². The average Bonchev–Trinajstić information content (AvgIpc) is 3.09. The predicted octanol–water partition coefficient (Wildman–Crippen LogP) is 3.71. The summed E-state index contributed by atoms with van der Waals surface area (Å²) in [5, 5.41) is 2.88. The second kappa shape index (κ2) is 9.10. The third-order valence-electron chi connectivity index (χ3n) is 3.37. The van der Waals surface area contributed by atoms with Crippen LogP contribution >= 0.6 is 11.3 Å². The van der Waals surface area contributed by atoms with Gasteiger partial charge in [-0.1, -0.05) is 43.2 Å². The molecule has 0 unspecified atom stereocenters. The molecular weight excluding hydrogens is 296 g/mol. The molecule has 1 N–H and O–H groups in total. The SMILES string of the molecule is O=C(CCCCCCNC(=O)c1cncs1)c1ccccc1. The van der Waals surface area contributed by atoms with Crippen molar-refractivity contribution in [3.8, 4) is 0 Å². The first-order valence-corrected chi connectivity index (χ1v) is 8.40. The van der Waals surface area contributed by atoms with Crippen LogP contribution in [0, 0.1) is 0 Å². The first-order valence-electron chi connectivity index (χ1n) is 7.52. The number of thiazole rings is 1. The van der Waals surface area contributed by atoms with Crippen LogP contribution in [0.15, 0.2) is 42.0 Å². The van der Waals surface area contributed by atoms with Crippen molar-refractivity contribution in [2.75, 3.05) is 6.54 Å². The number of amides is 1. The molecule has 2 rings (SSSR count). The van der Waals surface area contributed by atoms with Crippen molar-refractivity contribution in [2.45, 2.75) is 32.1 Å². The second-order valence-electron chi connectivity index (χ2n) is 5.07. The lowest BCUT2D eigenvalue weighted by Gasteiger charge is -2.04. The molecule has 0 aliphatic rings. The Balaban J connectivity index is 1.51. The van der Waals surface area contributed by atoms with Crippen molar-refractivity contribution in [2.24, 2.45) is 0 Å². The van der Waals surface area contributed by atoms with E-state index in [1.165, 1.54) is 11.3 Å². The van der Waals surface area contributed by atoms with Crippen molar-refractivity contribution >= 4 is 23.0 Å². The summed E-state index contributed by atoms with van der Waals surface area (Å²) in [6, 6.07) is 9.41. The van der Waals surface area contributed by atoms with E-state index in [9.17, 15) is 9.59 Å². The van der Waals surface area contributed by atoms with Gasteiger partial charge in [0.15, 0.2) is 5.78 Å². The van der Waals surface area contributed by atoms with Crippen molar-refractivity contribution in [1.29, 1.82) is 0 Å². The molecule has 0 bridgehead atoms. The van der Waals surface area contributed by atoms with E-state index in [0.717, 1.165) is 31.2 Å². The first-order chi connectivity index (χ1) is 10.8. The summed E-state index contributed by atoms with van der Waals surface area (Å²) >= 11 is 1.34. The molecule has 0 radical (unpaired) electrons. The highest BCUT2D eigenvalue weighted by Gasteiger charge is 2.06. The molecular formula is C17H20N2O2S. The molecule has 1 aromatic heterocycles. The highest BCUT2D eigenvalue weighted by atomic mass is 32.1. The molecule has 0 aliphatic heterocycles. The number of ketones is 1. The molecule has 0 aliphatic carbocycles. The summed E-state index contributed by atoms with van der Waals surface area (Å²) in [4.78, 5) is 28.1. The van der Waals surface area contributed by atoms with Gasteiger partial charge in [-0.15, -0.1) is 11.3 Å². The minimum Gasteiger partial charge on any atom is -0.351 e. The quantitative estimate of drug-likeness (QED) is 0.567. The number of carbonyl (C=O) groups excluding carboxylic acids is 2. The number of carbonyl (C=O) groups is 2. The first kappa shape index (κ1) is 16.4. The number of rotatable bonds is 9. The van der Waals surface area contributed by atoms with Crippen LogP contribution in [-0.2, 0) is 0 Å². The van der Waals surface area contributed by atoms with E-state index in [4.69, 9.17) is 0 Å². The number of hydrogen-bond acceptors (Lipinski definition) is 4. The van der Waals surface area contributed by atoms with Crippen LogP contribution in [0.5, 0.6) is 0 Å². The number of benzene rings is 1. The molecule has 1 aromatic carbocycles. The second-order valence-corrected chi connectivity index (χ2v) is 5.96. The molecule has 5 heteroatoms. The van der Waals surface area contributed by atoms with Gasteiger partial charge in [0.05, 0.1) is 11.7 Å². The molecule has 0 atom stereocenters. The van der Waals surface area contributed by atoms with Gasteiger partial charge in [-0.3, -0.25) is 14.6 Å².